The molecule has 2 aromatic rings. The van der Waals surface area contributed by atoms with Crippen LogP contribution in [0.2, 0.25) is 0 Å². The summed E-state index contributed by atoms with van der Waals surface area (Å²) in [5.41, 5.74) is 0.280. The summed E-state index contributed by atoms with van der Waals surface area (Å²) in [7, 11) is 1.49. The summed E-state index contributed by atoms with van der Waals surface area (Å²) in [6.45, 7) is 2.54. The van der Waals surface area contributed by atoms with Crippen LogP contribution in [0.15, 0.2) is 47.5 Å². The minimum absolute atomic E-state index is 0. The van der Waals surface area contributed by atoms with E-state index >= 15 is 0 Å². The maximum absolute atomic E-state index is 13.2. The van der Waals surface area contributed by atoms with E-state index in [1.54, 1.807) is 24.3 Å². The first-order valence-corrected chi connectivity index (χ1v) is 8.92. The van der Waals surface area contributed by atoms with Gasteiger partial charge < -0.3 is 16.0 Å². The van der Waals surface area contributed by atoms with Crippen LogP contribution in [0.3, 0.4) is 0 Å². The summed E-state index contributed by atoms with van der Waals surface area (Å²) in [6.07, 6.45) is -4.65. The maximum Gasteiger partial charge on any atom is 0.416 e. The highest BCUT2D eigenvalue weighted by Crippen LogP contribution is 2.32. The molecule has 0 spiro atoms. The van der Waals surface area contributed by atoms with E-state index < -0.39 is 17.6 Å². The first-order valence-electron chi connectivity index (χ1n) is 8.92. The number of carbonyl (C=O) groups is 1. The van der Waals surface area contributed by atoms with E-state index in [-0.39, 0.29) is 48.0 Å². The van der Waals surface area contributed by atoms with Gasteiger partial charge in [-0.15, -0.1) is 24.0 Å². The van der Waals surface area contributed by atoms with Crippen LogP contribution in [-0.2, 0) is 19.3 Å². The molecule has 164 valence electrons. The van der Waals surface area contributed by atoms with Gasteiger partial charge in [0, 0.05) is 32.2 Å². The van der Waals surface area contributed by atoms with Gasteiger partial charge in [-0.1, -0.05) is 18.2 Å². The van der Waals surface area contributed by atoms with Crippen molar-refractivity contribution < 1.29 is 22.4 Å². The Kier molecular flexibility index (Phi) is 10.0. The standard InChI is InChI=1S/C20H22F4N4O.HI/c1-3-26-18(29)14-6-4-13(5-7-14)11-27-19(25-2)28-12-15-8-9-16(21)10-17(15)20(22,23)24;/h4-10H,3,11-12H2,1-2H3,(H,26,29)(H2,25,27,28);1H. The number of rotatable bonds is 6. The molecule has 0 radical (unpaired) electrons. The molecule has 0 atom stereocenters. The van der Waals surface area contributed by atoms with Crippen molar-refractivity contribution in [3.05, 3.63) is 70.5 Å². The topological polar surface area (TPSA) is 65.5 Å². The Labute approximate surface area is 189 Å². The summed E-state index contributed by atoms with van der Waals surface area (Å²) >= 11 is 0. The average Bonchev–Trinajstić information content (AvgIpc) is 2.68. The Morgan fingerprint density at radius 3 is 2.20 bits per heavy atom. The average molecular weight is 538 g/mol. The fraction of sp³-hybridized carbons (Fsp3) is 0.300. The minimum Gasteiger partial charge on any atom is -0.352 e. The van der Waals surface area contributed by atoms with E-state index in [1.165, 1.54) is 7.05 Å². The molecule has 30 heavy (non-hydrogen) atoms. The molecule has 2 rings (SSSR count). The van der Waals surface area contributed by atoms with Crippen LogP contribution in [0.25, 0.3) is 0 Å². The minimum atomic E-state index is -4.65. The molecule has 3 N–H and O–H groups in total. The number of alkyl halides is 3. The van der Waals surface area contributed by atoms with Crippen LogP contribution in [0, 0.1) is 5.82 Å². The fourth-order valence-corrected chi connectivity index (χ4v) is 2.59. The van der Waals surface area contributed by atoms with Crippen LogP contribution < -0.4 is 16.0 Å². The summed E-state index contributed by atoms with van der Waals surface area (Å²) < 4.78 is 52.4. The van der Waals surface area contributed by atoms with Gasteiger partial charge in [-0.25, -0.2) is 4.39 Å². The summed E-state index contributed by atoms with van der Waals surface area (Å²) in [5, 5.41) is 8.47. The third-order valence-electron chi connectivity index (χ3n) is 4.06. The lowest BCUT2D eigenvalue weighted by atomic mass is 10.1. The highest BCUT2D eigenvalue weighted by atomic mass is 127. The molecule has 0 aliphatic heterocycles. The molecule has 1 amide bonds. The molecule has 10 heteroatoms. The molecule has 0 bridgehead atoms. The van der Waals surface area contributed by atoms with E-state index in [0.29, 0.717) is 24.7 Å². The van der Waals surface area contributed by atoms with Crippen LogP contribution >= 0.6 is 24.0 Å². The monoisotopic (exact) mass is 538 g/mol. The second kappa shape index (κ2) is 11.7. The van der Waals surface area contributed by atoms with Gasteiger partial charge >= 0.3 is 6.18 Å². The van der Waals surface area contributed by atoms with Gasteiger partial charge in [0.2, 0.25) is 0 Å². The van der Waals surface area contributed by atoms with Gasteiger partial charge in [0.1, 0.15) is 5.82 Å². The van der Waals surface area contributed by atoms with Crippen LogP contribution in [-0.4, -0.2) is 25.5 Å². The van der Waals surface area contributed by atoms with E-state index in [0.717, 1.165) is 17.7 Å². The normalized spacial score (nSPS) is 11.5. The molecule has 0 aliphatic rings. The van der Waals surface area contributed by atoms with Gasteiger partial charge in [0.15, 0.2) is 5.96 Å². The molecule has 0 fully saturated rings. The largest absolute Gasteiger partial charge is 0.416 e. The van der Waals surface area contributed by atoms with Crippen molar-refractivity contribution in [1.29, 1.82) is 0 Å². The van der Waals surface area contributed by atoms with Gasteiger partial charge in [0.25, 0.3) is 5.91 Å². The van der Waals surface area contributed by atoms with Gasteiger partial charge in [-0.2, -0.15) is 13.2 Å². The molecule has 0 unspecified atom stereocenters. The van der Waals surface area contributed by atoms with Crippen LogP contribution in [0.4, 0.5) is 17.6 Å². The second-order valence-corrected chi connectivity index (χ2v) is 6.13. The van der Waals surface area contributed by atoms with Crippen molar-refractivity contribution in [2.75, 3.05) is 13.6 Å². The van der Waals surface area contributed by atoms with Gasteiger partial charge in [0.05, 0.1) is 5.56 Å². The second-order valence-electron chi connectivity index (χ2n) is 6.13. The maximum atomic E-state index is 13.2. The first-order chi connectivity index (χ1) is 13.7. The number of amides is 1. The first kappa shape index (κ1) is 25.7. The Morgan fingerprint density at radius 1 is 1.00 bits per heavy atom. The smallest absolute Gasteiger partial charge is 0.352 e. The molecule has 0 heterocycles. The molecule has 0 aliphatic carbocycles. The highest BCUT2D eigenvalue weighted by molar-refractivity contribution is 14.0. The molecular formula is C20H23F4IN4O. The zero-order valence-electron chi connectivity index (χ0n) is 16.4. The lowest BCUT2D eigenvalue weighted by Gasteiger charge is -2.16. The molecule has 0 saturated heterocycles. The van der Waals surface area contributed by atoms with Crippen molar-refractivity contribution in [2.45, 2.75) is 26.2 Å². The van der Waals surface area contributed by atoms with E-state index in [2.05, 4.69) is 20.9 Å². The molecule has 5 nitrogen and oxygen atoms in total. The zero-order valence-corrected chi connectivity index (χ0v) is 18.8. The molecule has 0 aromatic heterocycles. The zero-order chi connectivity index (χ0) is 21.4. The summed E-state index contributed by atoms with van der Waals surface area (Å²) in [5.74, 6) is -0.820. The Balaban J connectivity index is 0.00000450. The number of nitrogens with one attached hydrogen (secondary N) is 3. The number of benzene rings is 2. The molecule has 0 saturated carbocycles. The third-order valence-corrected chi connectivity index (χ3v) is 4.06. The Hall–Kier alpha value is -2.37. The number of nitrogens with zero attached hydrogens (tertiary/aromatic N) is 1. The number of aliphatic imine (C=N–C) groups is 1. The highest BCUT2D eigenvalue weighted by Gasteiger charge is 2.33. The number of hydrogen-bond acceptors (Lipinski definition) is 2. The third kappa shape index (κ3) is 7.47. The van der Waals surface area contributed by atoms with E-state index in [9.17, 15) is 22.4 Å². The summed E-state index contributed by atoms with van der Waals surface area (Å²) in [4.78, 5) is 15.7. The van der Waals surface area contributed by atoms with E-state index in [1.807, 2.05) is 6.92 Å². The SMILES string of the molecule is CCNC(=O)c1ccc(CNC(=NC)NCc2ccc(F)cc2C(F)(F)F)cc1.I. The van der Waals surface area contributed by atoms with E-state index in [4.69, 9.17) is 0 Å². The predicted octanol–water partition coefficient (Wildman–Crippen LogP) is 4.08. The quantitative estimate of drug-likeness (QED) is 0.225. The number of guanidine groups is 1. The lowest BCUT2D eigenvalue weighted by molar-refractivity contribution is -0.138. The molecular weight excluding hydrogens is 515 g/mol. The fourth-order valence-electron chi connectivity index (χ4n) is 2.59. The van der Waals surface area contributed by atoms with Crippen LogP contribution in [0.1, 0.15) is 34.0 Å². The predicted molar refractivity (Wildman–Crippen MR) is 118 cm³/mol. The number of carbonyl (C=O) groups excluding carboxylic acids is 1. The van der Waals surface area contributed by atoms with Crippen molar-refractivity contribution in [3.63, 3.8) is 0 Å². The van der Waals surface area contributed by atoms with Gasteiger partial charge in [-0.05, 0) is 42.3 Å². The lowest BCUT2D eigenvalue weighted by Crippen LogP contribution is -2.36. The van der Waals surface area contributed by atoms with Crippen molar-refractivity contribution in [2.24, 2.45) is 4.99 Å². The Morgan fingerprint density at radius 2 is 1.63 bits per heavy atom. The van der Waals surface area contributed by atoms with Crippen LogP contribution in [0.5, 0.6) is 0 Å². The van der Waals surface area contributed by atoms with Crippen molar-refractivity contribution in [1.82, 2.24) is 16.0 Å². The number of hydrogen-bond donors (Lipinski definition) is 3. The van der Waals surface area contributed by atoms with Gasteiger partial charge in [-0.3, -0.25) is 9.79 Å². The summed E-state index contributed by atoms with van der Waals surface area (Å²) in [6, 6.07) is 9.47. The Bertz CT molecular complexity index is 870. The van der Waals surface area contributed by atoms with Crippen molar-refractivity contribution >= 4 is 35.8 Å². The number of halogens is 5. The van der Waals surface area contributed by atoms with Crippen molar-refractivity contribution in [3.8, 4) is 0 Å². The molecule has 2 aromatic carbocycles.